The number of hydrogen-bond donors (Lipinski definition) is 4. The van der Waals surface area contributed by atoms with Gasteiger partial charge in [-0.2, -0.15) is 0 Å². The molecule has 3 aliphatic rings. The number of likely N-dealkylation sites (tertiary alicyclic amines) is 2. The van der Waals surface area contributed by atoms with E-state index in [-0.39, 0.29) is 24.3 Å². The number of nitrogens with one attached hydrogen (secondary N) is 2. The van der Waals surface area contributed by atoms with Crippen molar-refractivity contribution < 1.29 is 24.2 Å². The number of carbonyl (C=O) groups excluding carboxylic acids is 2. The van der Waals surface area contributed by atoms with E-state index in [4.69, 9.17) is 27.2 Å². The molecule has 246 valence electrons. The standard InChI is InChI=1S/C33H52ClN5O5/c34-28-23-27(32-26(31(28)35)15-22-44-32)33(43)37-25-13-20-39(21-14-25)17-8-4-5-9-29(40)36-24-11-18-38(19-12-24)16-7-3-1-2-6-10-30(41)42/h23-25H,1-22,35H2,(H,36,40)(H,37,43)(H,41,42). The van der Waals surface area contributed by atoms with Crippen LogP contribution < -0.4 is 21.1 Å². The van der Waals surface area contributed by atoms with Crippen molar-refractivity contribution >= 4 is 35.1 Å². The second-order valence-corrected chi connectivity index (χ2v) is 13.1. The Morgan fingerprint density at radius 1 is 0.841 bits per heavy atom. The van der Waals surface area contributed by atoms with Crippen LogP contribution in [0.1, 0.15) is 106 Å². The third-order valence-corrected chi connectivity index (χ3v) is 9.65. The first kappa shape index (κ1) is 34.3. The van der Waals surface area contributed by atoms with Crippen LogP contribution in [0.4, 0.5) is 5.69 Å². The molecule has 0 radical (unpaired) electrons. The molecule has 10 nitrogen and oxygen atoms in total. The molecule has 0 bridgehead atoms. The number of carboxylic acids is 1. The monoisotopic (exact) mass is 633 g/mol. The van der Waals surface area contributed by atoms with Crippen molar-refractivity contribution in [3.63, 3.8) is 0 Å². The maximum atomic E-state index is 13.0. The molecule has 4 rings (SSSR count). The lowest BCUT2D eigenvalue weighted by Gasteiger charge is -2.32. The number of amides is 2. The van der Waals surface area contributed by atoms with Gasteiger partial charge in [-0.25, -0.2) is 0 Å². The third kappa shape index (κ3) is 10.8. The number of ether oxygens (including phenoxy) is 1. The number of anilines is 1. The molecule has 0 aliphatic carbocycles. The Kier molecular flexibility index (Phi) is 13.9. The average molecular weight is 634 g/mol. The Morgan fingerprint density at radius 2 is 1.39 bits per heavy atom. The van der Waals surface area contributed by atoms with Crippen molar-refractivity contribution in [3.05, 3.63) is 22.2 Å². The Labute approximate surface area is 267 Å². The third-order valence-electron chi connectivity index (χ3n) is 9.33. The molecule has 11 heteroatoms. The summed E-state index contributed by atoms with van der Waals surface area (Å²) in [5.41, 5.74) is 7.89. The first-order valence-electron chi connectivity index (χ1n) is 16.8. The highest BCUT2D eigenvalue weighted by molar-refractivity contribution is 6.33. The fraction of sp³-hybridized carbons (Fsp3) is 0.727. The van der Waals surface area contributed by atoms with Crippen molar-refractivity contribution in [3.8, 4) is 5.75 Å². The van der Waals surface area contributed by atoms with E-state index in [0.717, 1.165) is 122 Å². The lowest BCUT2D eigenvalue weighted by Crippen LogP contribution is -2.45. The summed E-state index contributed by atoms with van der Waals surface area (Å²) in [5.74, 6) is -0.0909. The van der Waals surface area contributed by atoms with Crippen LogP contribution in [0.25, 0.3) is 0 Å². The van der Waals surface area contributed by atoms with Gasteiger partial charge in [0, 0.05) is 63.1 Å². The first-order chi connectivity index (χ1) is 21.3. The van der Waals surface area contributed by atoms with Crippen molar-refractivity contribution in [1.29, 1.82) is 0 Å². The predicted molar refractivity (Wildman–Crippen MR) is 173 cm³/mol. The summed E-state index contributed by atoms with van der Waals surface area (Å²) in [6.45, 7) is 6.63. The molecule has 0 spiro atoms. The van der Waals surface area contributed by atoms with Crippen LogP contribution in [-0.2, 0) is 16.0 Å². The number of nitrogen functional groups attached to an aromatic ring is 1. The largest absolute Gasteiger partial charge is 0.492 e. The van der Waals surface area contributed by atoms with E-state index in [2.05, 4.69) is 20.4 Å². The molecule has 0 atom stereocenters. The molecule has 0 unspecified atom stereocenters. The Bertz CT molecular complexity index is 1100. The molecule has 5 N–H and O–H groups in total. The minimum atomic E-state index is -0.699. The summed E-state index contributed by atoms with van der Waals surface area (Å²) in [5, 5.41) is 15.5. The van der Waals surface area contributed by atoms with Gasteiger partial charge in [0.05, 0.1) is 22.9 Å². The molecule has 2 fully saturated rings. The number of piperidine rings is 2. The summed E-state index contributed by atoms with van der Waals surface area (Å²) < 4.78 is 5.70. The Morgan fingerprint density at radius 3 is 2.02 bits per heavy atom. The molecule has 3 heterocycles. The molecule has 1 aromatic rings. The van der Waals surface area contributed by atoms with Gasteiger partial charge in [0.25, 0.3) is 5.91 Å². The SMILES string of the molecule is Nc1c(Cl)cc(C(=O)NC2CCN(CCCCCC(=O)NC3CCN(CCCCCCCC(=O)O)CC3)CC2)c2c1CCO2. The van der Waals surface area contributed by atoms with Crippen LogP contribution in [-0.4, -0.2) is 90.6 Å². The fourth-order valence-electron chi connectivity index (χ4n) is 6.64. The van der Waals surface area contributed by atoms with Crippen molar-refractivity contribution in [2.75, 3.05) is 51.6 Å². The van der Waals surface area contributed by atoms with Crippen LogP contribution in [0, 0.1) is 0 Å². The highest BCUT2D eigenvalue weighted by atomic mass is 35.5. The predicted octanol–water partition coefficient (Wildman–Crippen LogP) is 4.62. The van der Waals surface area contributed by atoms with E-state index in [1.807, 2.05) is 0 Å². The molecule has 1 aromatic carbocycles. The zero-order valence-corrected chi connectivity index (χ0v) is 27.0. The topological polar surface area (TPSA) is 137 Å². The van der Waals surface area contributed by atoms with Crippen LogP contribution >= 0.6 is 11.6 Å². The first-order valence-corrected chi connectivity index (χ1v) is 17.2. The lowest BCUT2D eigenvalue weighted by atomic mass is 10.0. The van der Waals surface area contributed by atoms with E-state index >= 15 is 0 Å². The van der Waals surface area contributed by atoms with E-state index in [9.17, 15) is 14.4 Å². The molecule has 2 saturated heterocycles. The quantitative estimate of drug-likeness (QED) is 0.144. The Balaban J connectivity index is 0.995. The fourth-order valence-corrected chi connectivity index (χ4v) is 6.86. The van der Waals surface area contributed by atoms with E-state index in [1.54, 1.807) is 6.07 Å². The molecule has 44 heavy (non-hydrogen) atoms. The number of rotatable bonds is 17. The minimum Gasteiger partial charge on any atom is -0.492 e. The summed E-state index contributed by atoms with van der Waals surface area (Å²) >= 11 is 6.27. The smallest absolute Gasteiger partial charge is 0.303 e. The zero-order valence-electron chi connectivity index (χ0n) is 26.2. The number of aliphatic carboxylic acids is 1. The molecule has 0 aromatic heterocycles. The van der Waals surface area contributed by atoms with Gasteiger partial charge in [0.1, 0.15) is 5.75 Å². The minimum absolute atomic E-state index is 0.129. The van der Waals surface area contributed by atoms with E-state index in [0.29, 0.717) is 47.5 Å². The van der Waals surface area contributed by atoms with E-state index in [1.165, 1.54) is 0 Å². The van der Waals surface area contributed by atoms with Crippen molar-refractivity contribution in [2.45, 2.75) is 108 Å². The van der Waals surface area contributed by atoms with Crippen LogP contribution in [0.15, 0.2) is 6.07 Å². The summed E-state index contributed by atoms with van der Waals surface area (Å²) in [7, 11) is 0. The van der Waals surface area contributed by atoms with Gasteiger partial charge in [-0.05, 0) is 70.5 Å². The number of fused-ring (bicyclic) bond motifs is 1. The van der Waals surface area contributed by atoms with Gasteiger partial charge >= 0.3 is 5.97 Å². The Hall–Kier alpha value is -2.56. The van der Waals surface area contributed by atoms with Crippen molar-refractivity contribution in [2.24, 2.45) is 0 Å². The van der Waals surface area contributed by atoms with Gasteiger partial charge in [-0.3, -0.25) is 14.4 Å². The van der Waals surface area contributed by atoms with Crippen LogP contribution in [0.3, 0.4) is 0 Å². The second-order valence-electron chi connectivity index (χ2n) is 12.7. The summed E-state index contributed by atoms with van der Waals surface area (Å²) in [6.07, 6.45) is 13.7. The molecule has 0 saturated carbocycles. The normalized spacial score (nSPS) is 18.1. The van der Waals surface area contributed by atoms with Crippen LogP contribution in [0.2, 0.25) is 5.02 Å². The molecular formula is C33H52ClN5O5. The highest BCUT2D eigenvalue weighted by Gasteiger charge is 2.28. The zero-order chi connectivity index (χ0) is 31.3. The van der Waals surface area contributed by atoms with Gasteiger partial charge in [0.15, 0.2) is 0 Å². The summed E-state index contributed by atoms with van der Waals surface area (Å²) in [6, 6.07) is 2.04. The van der Waals surface area contributed by atoms with Gasteiger partial charge < -0.3 is 36.0 Å². The number of hydrogen-bond acceptors (Lipinski definition) is 7. The van der Waals surface area contributed by atoms with Crippen LogP contribution in [0.5, 0.6) is 5.75 Å². The number of carboxylic acid groups (broad SMARTS) is 1. The maximum absolute atomic E-state index is 13.0. The van der Waals surface area contributed by atoms with Gasteiger partial charge in [-0.1, -0.05) is 37.3 Å². The summed E-state index contributed by atoms with van der Waals surface area (Å²) in [4.78, 5) is 41.0. The van der Waals surface area contributed by atoms with Gasteiger partial charge in [-0.15, -0.1) is 0 Å². The molecular weight excluding hydrogens is 582 g/mol. The number of unbranched alkanes of at least 4 members (excludes halogenated alkanes) is 6. The lowest BCUT2D eigenvalue weighted by molar-refractivity contribution is -0.137. The maximum Gasteiger partial charge on any atom is 0.303 e. The molecule has 3 aliphatic heterocycles. The average Bonchev–Trinajstić information content (AvgIpc) is 3.50. The number of benzene rings is 1. The second kappa shape index (κ2) is 17.8. The van der Waals surface area contributed by atoms with Crippen molar-refractivity contribution in [1.82, 2.24) is 20.4 Å². The highest BCUT2D eigenvalue weighted by Crippen LogP contribution is 2.38. The molecule has 2 amide bonds. The number of carbonyl (C=O) groups is 3. The van der Waals surface area contributed by atoms with E-state index < -0.39 is 5.97 Å². The van der Waals surface area contributed by atoms with Gasteiger partial charge in [0.2, 0.25) is 5.91 Å². The number of nitrogens with two attached hydrogens (primary N) is 1. The number of nitrogens with zero attached hydrogens (tertiary/aromatic N) is 2. The number of halogens is 1.